The van der Waals surface area contributed by atoms with Gasteiger partial charge in [0.1, 0.15) is 5.75 Å². The number of nitrogens with one attached hydrogen (secondary N) is 1. The number of carbonyl (C=O) groups excluding carboxylic acids is 2. The molecule has 2 heterocycles. The summed E-state index contributed by atoms with van der Waals surface area (Å²) in [4.78, 5) is 38.4. The molecule has 1 aliphatic rings. The van der Waals surface area contributed by atoms with E-state index in [0.29, 0.717) is 24.4 Å². The minimum atomic E-state index is -0.369. The number of ether oxygens (including phenoxy) is 1. The molecule has 0 spiro atoms. The summed E-state index contributed by atoms with van der Waals surface area (Å²) in [5, 5.41) is 2.72. The van der Waals surface area contributed by atoms with Gasteiger partial charge in [-0.05, 0) is 55.3 Å². The van der Waals surface area contributed by atoms with Crippen LogP contribution in [0.3, 0.4) is 0 Å². The van der Waals surface area contributed by atoms with Crippen molar-refractivity contribution in [1.82, 2.24) is 14.9 Å². The molecule has 33 heavy (non-hydrogen) atoms. The van der Waals surface area contributed by atoms with E-state index in [1.54, 1.807) is 36.3 Å². The number of hydrogen-bond donors (Lipinski definition) is 1. The van der Waals surface area contributed by atoms with Gasteiger partial charge in [0.05, 0.1) is 7.11 Å². The largest absolute Gasteiger partial charge is 0.497 e. The van der Waals surface area contributed by atoms with Crippen molar-refractivity contribution >= 4 is 23.3 Å². The van der Waals surface area contributed by atoms with E-state index in [-0.39, 0.29) is 23.3 Å². The van der Waals surface area contributed by atoms with E-state index in [1.165, 1.54) is 29.2 Å². The zero-order valence-corrected chi connectivity index (χ0v) is 19.0. The third-order valence-corrected chi connectivity index (χ3v) is 5.97. The van der Waals surface area contributed by atoms with Crippen LogP contribution in [0, 0.1) is 13.8 Å². The highest BCUT2D eigenvalue weighted by Gasteiger charge is 2.26. The zero-order valence-electron chi connectivity index (χ0n) is 19.0. The fourth-order valence-corrected chi connectivity index (χ4v) is 3.89. The van der Waals surface area contributed by atoms with E-state index in [1.807, 2.05) is 0 Å². The second-order valence-corrected chi connectivity index (χ2v) is 7.93. The number of rotatable bonds is 5. The van der Waals surface area contributed by atoms with Crippen LogP contribution < -0.4 is 15.0 Å². The SMILES string of the molecule is COc1ccc(C(=O)Nc2nccnc2C(=O)N2CCN(c3cccc(C)c3C)CC2)cc1. The van der Waals surface area contributed by atoms with Crippen LogP contribution >= 0.6 is 0 Å². The molecular formula is C25H27N5O3. The lowest BCUT2D eigenvalue weighted by Crippen LogP contribution is -2.49. The highest BCUT2D eigenvalue weighted by Crippen LogP contribution is 2.24. The van der Waals surface area contributed by atoms with Crippen molar-refractivity contribution in [2.24, 2.45) is 0 Å². The number of benzene rings is 2. The number of amides is 2. The average Bonchev–Trinajstić information content (AvgIpc) is 2.86. The number of anilines is 2. The first-order valence-corrected chi connectivity index (χ1v) is 10.8. The fraction of sp³-hybridized carbons (Fsp3) is 0.280. The first-order valence-electron chi connectivity index (χ1n) is 10.8. The zero-order chi connectivity index (χ0) is 23.4. The number of carbonyl (C=O) groups is 2. The number of nitrogens with zero attached hydrogens (tertiary/aromatic N) is 4. The van der Waals surface area contributed by atoms with E-state index < -0.39 is 0 Å². The van der Waals surface area contributed by atoms with E-state index in [2.05, 4.69) is 52.2 Å². The van der Waals surface area contributed by atoms with Gasteiger partial charge in [-0.2, -0.15) is 0 Å². The van der Waals surface area contributed by atoms with Gasteiger partial charge >= 0.3 is 0 Å². The van der Waals surface area contributed by atoms with Crippen LogP contribution in [0.1, 0.15) is 32.0 Å². The third-order valence-electron chi connectivity index (χ3n) is 5.97. The van der Waals surface area contributed by atoms with E-state index in [4.69, 9.17) is 4.74 Å². The molecule has 1 aliphatic heterocycles. The Hall–Kier alpha value is -3.94. The second kappa shape index (κ2) is 9.68. The summed E-state index contributed by atoms with van der Waals surface area (Å²) in [5.74, 6) is 0.197. The number of aromatic nitrogens is 2. The van der Waals surface area contributed by atoms with Crippen LogP contribution in [0.15, 0.2) is 54.9 Å². The number of methoxy groups -OCH3 is 1. The van der Waals surface area contributed by atoms with Crippen molar-refractivity contribution in [2.45, 2.75) is 13.8 Å². The van der Waals surface area contributed by atoms with Crippen LogP contribution in [0.5, 0.6) is 5.75 Å². The highest BCUT2D eigenvalue weighted by atomic mass is 16.5. The van der Waals surface area contributed by atoms with Crippen LogP contribution in [0.2, 0.25) is 0 Å². The standard InChI is InChI=1S/C25H27N5O3/c1-17-5-4-6-21(18(17)2)29-13-15-30(16-14-29)25(32)22-23(27-12-11-26-22)28-24(31)19-7-9-20(33-3)10-8-19/h4-12H,13-16H2,1-3H3,(H,27,28,31). The van der Waals surface area contributed by atoms with Crippen molar-refractivity contribution in [3.63, 3.8) is 0 Å². The van der Waals surface area contributed by atoms with Crippen LogP contribution in [-0.4, -0.2) is 60.0 Å². The quantitative estimate of drug-likeness (QED) is 0.648. The molecule has 0 atom stereocenters. The Balaban J connectivity index is 1.45. The van der Waals surface area contributed by atoms with Gasteiger partial charge < -0.3 is 19.9 Å². The summed E-state index contributed by atoms with van der Waals surface area (Å²) in [6.07, 6.45) is 2.92. The van der Waals surface area contributed by atoms with Crippen molar-refractivity contribution in [1.29, 1.82) is 0 Å². The third kappa shape index (κ3) is 4.79. The minimum Gasteiger partial charge on any atom is -0.497 e. The molecule has 2 aromatic carbocycles. The molecule has 8 nitrogen and oxygen atoms in total. The van der Waals surface area contributed by atoms with Crippen molar-refractivity contribution in [3.8, 4) is 5.75 Å². The normalized spacial score (nSPS) is 13.5. The van der Waals surface area contributed by atoms with Gasteiger partial charge in [-0.25, -0.2) is 9.97 Å². The molecule has 1 saturated heterocycles. The smallest absolute Gasteiger partial charge is 0.276 e. The molecule has 170 valence electrons. The first-order chi connectivity index (χ1) is 16.0. The maximum atomic E-state index is 13.2. The number of piperazine rings is 1. The summed E-state index contributed by atoms with van der Waals surface area (Å²) >= 11 is 0. The molecule has 0 bridgehead atoms. The Kier molecular flexibility index (Phi) is 6.53. The van der Waals surface area contributed by atoms with Gasteiger partial charge in [0.15, 0.2) is 11.5 Å². The lowest BCUT2D eigenvalue weighted by molar-refractivity contribution is 0.0741. The van der Waals surface area contributed by atoms with Crippen molar-refractivity contribution in [2.75, 3.05) is 43.5 Å². The van der Waals surface area contributed by atoms with E-state index in [0.717, 1.165) is 13.1 Å². The minimum absolute atomic E-state index is 0.138. The monoisotopic (exact) mass is 445 g/mol. The van der Waals surface area contributed by atoms with Crippen LogP contribution in [0.25, 0.3) is 0 Å². The molecule has 3 aromatic rings. The van der Waals surface area contributed by atoms with Gasteiger partial charge in [0.2, 0.25) is 0 Å². The molecule has 0 saturated carbocycles. The Bertz CT molecular complexity index is 1150. The van der Waals surface area contributed by atoms with E-state index in [9.17, 15) is 9.59 Å². The maximum Gasteiger partial charge on any atom is 0.276 e. The average molecular weight is 446 g/mol. The Morgan fingerprint density at radius 3 is 2.33 bits per heavy atom. The predicted molar refractivity (Wildman–Crippen MR) is 127 cm³/mol. The Labute approximate surface area is 193 Å². The topological polar surface area (TPSA) is 87.7 Å². The van der Waals surface area contributed by atoms with Crippen LogP contribution in [-0.2, 0) is 0 Å². The number of hydrogen-bond acceptors (Lipinski definition) is 6. The van der Waals surface area contributed by atoms with Crippen LogP contribution in [0.4, 0.5) is 11.5 Å². The fourth-order valence-electron chi connectivity index (χ4n) is 3.89. The Morgan fingerprint density at radius 2 is 1.64 bits per heavy atom. The molecule has 0 aliphatic carbocycles. The molecule has 1 fully saturated rings. The Morgan fingerprint density at radius 1 is 0.939 bits per heavy atom. The summed E-state index contributed by atoms with van der Waals surface area (Å²) < 4.78 is 5.13. The molecule has 2 amide bonds. The highest BCUT2D eigenvalue weighted by molar-refractivity contribution is 6.07. The van der Waals surface area contributed by atoms with E-state index >= 15 is 0 Å². The summed E-state index contributed by atoms with van der Waals surface area (Å²) in [5.41, 5.74) is 4.29. The summed E-state index contributed by atoms with van der Waals surface area (Å²) in [6.45, 7) is 6.81. The van der Waals surface area contributed by atoms with Crippen molar-refractivity contribution in [3.05, 3.63) is 77.2 Å². The van der Waals surface area contributed by atoms with Crippen molar-refractivity contribution < 1.29 is 14.3 Å². The van der Waals surface area contributed by atoms with Gasteiger partial charge in [0, 0.05) is 49.8 Å². The molecule has 4 rings (SSSR count). The second-order valence-electron chi connectivity index (χ2n) is 7.93. The summed E-state index contributed by atoms with van der Waals surface area (Å²) in [7, 11) is 1.56. The van der Waals surface area contributed by atoms with Gasteiger partial charge in [-0.15, -0.1) is 0 Å². The van der Waals surface area contributed by atoms with Gasteiger partial charge in [0.25, 0.3) is 11.8 Å². The summed E-state index contributed by atoms with van der Waals surface area (Å²) in [6, 6.07) is 13.0. The van der Waals surface area contributed by atoms with Gasteiger partial charge in [-0.3, -0.25) is 9.59 Å². The number of aryl methyl sites for hydroxylation is 1. The molecule has 0 radical (unpaired) electrons. The molecular weight excluding hydrogens is 418 g/mol. The molecule has 1 aromatic heterocycles. The lowest BCUT2D eigenvalue weighted by Gasteiger charge is -2.37. The maximum absolute atomic E-state index is 13.2. The first kappa shape index (κ1) is 22.3. The molecule has 0 unspecified atom stereocenters. The lowest BCUT2D eigenvalue weighted by atomic mass is 10.1. The molecule has 8 heteroatoms. The van der Waals surface area contributed by atoms with Gasteiger partial charge in [-0.1, -0.05) is 12.1 Å². The predicted octanol–water partition coefficient (Wildman–Crippen LogP) is 3.32. The molecule has 1 N–H and O–H groups in total.